The van der Waals surface area contributed by atoms with E-state index in [-0.39, 0.29) is 24.0 Å². The lowest BCUT2D eigenvalue weighted by atomic mass is 10.1. The summed E-state index contributed by atoms with van der Waals surface area (Å²) in [5.74, 6) is 1.71. The third kappa shape index (κ3) is 10.2. The predicted molar refractivity (Wildman–Crippen MR) is 120 cm³/mol. The summed E-state index contributed by atoms with van der Waals surface area (Å²) in [7, 11) is 1.68. The van der Waals surface area contributed by atoms with Crippen molar-refractivity contribution in [2.75, 3.05) is 39.7 Å². The Balaban J connectivity index is 0.00000576. The van der Waals surface area contributed by atoms with Crippen LogP contribution in [0.25, 0.3) is 0 Å². The van der Waals surface area contributed by atoms with E-state index >= 15 is 0 Å². The Morgan fingerprint density at radius 1 is 1.28 bits per heavy atom. The summed E-state index contributed by atoms with van der Waals surface area (Å²) in [6, 6.07) is 6.22. The van der Waals surface area contributed by atoms with Gasteiger partial charge in [0, 0.05) is 31.0 Å². The first-order valence-corrected chi connectivity index (χ1v) is 9.65. The van der Waals surface area contributed by atoms with E-state index in [0.29, 0.717) is 25.0 Å². The maximum atomic E-state index is 5.83. The third-order valence-corrected chi connectivity index (χ3v) is 4.45. The first-order chi connectivity index (χ1) is 11.6. The van der Waals surface area contributed by atoms with Crippen LogP contribution in [0.3, 0.4) is 0 Å². The number of rotatable bonds is 10. The van der Waals surface area contributed by atoms with Gasteiger partial charge in [0.15, 0.2) is 5.96 Å². The van der Waals surface area contributed by atoms with Gasteiger partial charge in [-0.2, -0.15) is 11.8 Å². The molecule has 0 heterocycles. The number of hydrogen-bond donors (Lipinski definition) is 2. The van der Waals surface area contributed by atoms with Crippen LogP contribution in [-0.4, -0.2) is 50.9 Å². The number of hydrogen-bond acceptors (Lipinski definition) is 4. The molecule has 0 saturated heterocycles. The fourth-order valence-corrected chi connectivity index (χ4v) is 2.24. The molecule has 2 N–H and O–H groups in total. The van der Waals surface area contributed by atoms with Crippen molar-refractivity contribution in [3.63, 3.8) is 0 Å². The summed E-state index contributed by atoms with van der Waals surface area (Å²) in [6.45, 7) is 9.75. The molecule has 0 radical (unpaired) electrons. The lowest BCUT2D eigenvalue weighted by molar-refractivity contribution is 0.145. The zero-order valence-corrected chi connectivity index (χ0v) is 19.1. The second-order valence-electron chi connectivity index (χ2n) is 5.57. The molecule has 0 saturated carbocycles. The standard InChI is InChI=1S/C18H31N3O2S.HI/c1-6-19-18(20-12-15(3)24-5)21-13-16-8-7-14(2)11-17(16)23-10-9-22-4;/h7-8,11,15H,6,9-10,12-13H2,1-5H3,(H2,19,20,21);1H. The number of thioether (sulfide) groups is 1. The highest BCUT2D eigenvalue weighted by atomic mass is 127. The maximum Gasteiger partial charge on any atom is 0.191 e. The second-order valence-corrected chi connectivity index (χ2v) is 6.85. The summed E-state index contributed by atoms with van der Waals surface area (Å²) in [6.07, 6.45) is 2.12. The molecular weight excluding hydrogens is 449 g/mol. The van der Waals surface area contributed by atoms with Gasteiger partial charge < -0.3 is 20.1 Å². The number of nitrogens with one attached hydrogen (secondary N) is 2. The largest absolute Gasteiger partial charge is 0.491 e. The molecule has 144 valence electrons. The van der Waals surface area contributed by atoms with Crippen LogP contribution >= 0.6 is 35.7 Å². The van der Waals surface area contributed by atoms with E-state index in [4.69, 9.17) is 9.47 Å². The summed E-state index contributed by atoms with van der Waals surface area (Å²) in [5, 5.41) is 7.21. The highest BCUT2D eigenvalue weighted by molar-refractivity contribution is 14.0. The molecule has 1 unspecified atom stereocenters. The van der Waals surface area contributed by atoms with Gasteiger partial charge >= 0.3 is 0 Å². The van der Waals surface area contributed by atoms with E-state index in [1.54, 1.807) is 7.11 Å². The van der Waals surface area contributed by atoms with E-state index in [0.717, 1.165) is 30.4 Å². The zero-order chi connectivity index (χ0) is 17.8. The molecule has 25 heavy (non-hydrogen) atoms. The van der Waals surface area contributed by atoms with E-state index in [1.807, 2.05) is 11.8 Å². The van der Waals surface area contributed by atoms with Gasteiger partial charge in [0.05, 0.1) is 13.2 Å². The van der Waals surface area contributed by atoms with Gasteiger partial charge in [-0.1, -0.05) is 19.1 Å². The Labute approximate surface area is 173 Å². The minimum Gasteiger partial charge on any atom is -0.491 e. The summed E-state index contributed by atoms with van der Waals surface area (Å²) < 4.78 is 10.9. The molecule has 0 fully saturated rings. The van der Waals surface area contributed by atoms with Gasteiger partial charge in [0.25, 0.3) is 0 Å². The van der Waals surface area contributed by atoms with Crippen LogP contribution in [0.15, 0.2) is 23.2 Å². The first kappa shape index (κ1) is 24.3. The Kier molecular flexibility index (Phi) is 14.1. The van der Waals surface area contributed by atoms with Crippen molar-refractivity contribution in [2.45, 2.75) is 32.6 Å². The van der Waals surface area contributed by atoms with Gasteiger partial charge in [0.1, 0.15) is 12.4 Å². The van der Waals surface area contributed by atoms with Gasteiger partial charge in [0.2, 0.25) is 0 Å². The van der Waals surface area contributed by atoms with Crippen LogP contribution in [-0.2, 0) is 11.3 Å². The van der Waals surface area contributed by atoms with Gasteiger partial charge in [-0.05, 0) is 31.7 Å². The average Bonchev–Trinajstić information content (AvgIpc) is 2.58. The molecule has 0 bridgehead atoms. The van der Waals surface area contributed by atoms with Crippen molar-refractivity contribution in [1.29, 1.82) is 0 Å². The molecule has 5 nitrogen and oxygen atoms in total. The molecule has 1 aromatic rings. The van der Waals surface area contributed by atoms with Crippen LogP contribution < -0.4 is 15.4 Å². The molecule has 0 aliphatic rings. The molecule has 1 aromatic carbocycles. The Morgan fingerprint density at radius 2 is 2.04 bits per heavy atom. The molecule has 0 amide bonds. The Morgan fingerprint density at radius 3 is 2.68 bits per heavy atom. The quantitative estimate of drug-likeness (QED) is 0.232. The summed E-state index contributed by atoms with van der Waals surface area (Å²) in [5.41, 5.74) is 2.25. The predicted octanol–water partition coefficient (Wildman–Crippen LogP) is 3.44. The van der Waals surface area contributed by atoms with Gasteiger partial charge in [-0.3, -0.25) is 0 Å². The molecular formula is C18H32IN3O2S. The van der Waals surface area contributed by atoms with Crippen LogP contribution in [0.4, 0.5) is 0 Å². The minimum absolute atomic E-state index is 0. The van der Waals surface area contributed by atoms with Crippen LogP contribution in [0.2, 0.25) is 0 Å². The first-order valence-electron chi connectivity index (χ1n) is 8.36. The van der Waals surface area contributed by atoms with Crippen LogP contribution in [0, 0.1) is 6.92 Å². The van der Waals surface area contributed by atoms with Crippen LogP contribution in [0.5, 0.6) is 5.75 Å². The van der Waals surface area contributed by atoms with E-state index in [1.165, 1.54) is 5.56 Å². The molecule has 0 spiro atoms. The fraction of sp³-hybridized carbons (Fsp3) is 0.611. The van der Waals surface area contributed by atoms with E-state index in [9.17, 15) is 0 Å². The van der Waals surface area contributed by atoms with Crippen molar-refractivity contribution in [1.82, 2.24) is 10.6 Å². The van der Waals surface area contributed by atoms with Crippen molar-refractivity contribution < 1.29 is 9.47 Å². The van der Waals surface area contributed by atoms with Crippen molar-refractivity contribution in [3.05, 3.63) is 29.3 Å². The lowest BCUT2D eigenvalue weighted by Gasteiger charge is -2.15. The third-order valence-electron chi connectivity index (χ3n) is 3.48. The highest BCUT2D eigenvalue weighted by Crippen LogP contribution is 2.21. The molecule has 0 aliphatic heterocycles. The number of methoxy groups -OCH3 is 1. The number of benzene rings is 1. The summed E-state index contributed by atoms with van der Waals surface area (Å²) in [4.78, 5) is 4.68. The Hall–Kier alpha value is -0.670. The number of aliphatic imine (C=N–C) groups is 1. The average molecular weight is 481 g/mol. The normalized spacial score (nSPS) is 12.3. The van der Waals surface area contributed by atoms with Crippen molar-refractivity contribution >= 4 is 41.7 Å². The molecule has 1 atom stereocenters. The molecule has 1 rings (SSSR count). The molecule has 0 aromatic heterocycles. The number of guanidine groups is 1. The SMILES string of the molecule is CCNC(=NCc1ccc(C)cc1OCCOC)NCC(C)SC.I. The topological polar surface area (TPSA) is 54.9 Å². The molecule has 7 heteroatoms. The lowest BCUT2D eigenvalue weighted by Crippen LogP contribution is -2.40. The molecule has 0 aliphatic carbocycles. The highest BCUT2D eigenvalue weighted by Gasteiger charge is 2.06. The minimum atomic E-state index is 0. The smallest absolute Gasteiger partial charge is 0.191 e. The Bertz CT molecular complexity index is 515. The zero-order valence-electron chi connectivity index (χ0n) is 15.9. The number of halogens is 1. The maximum absolute atomic E-state index is 5.83. The van der Waals surface area contributed by atoms with Crippen molar-refractivity contribution in [2.24, 2.45) is 4.99 Å². The van der Waals surface area contributed by atoms with Gasteiger partial charge in [-0.15, -0.1) is 24.0 Å². The van der Waals surface area contributed by atoms with Gasteiger partial charge in [-0.25, -0.2) is 4.99 Å². The van der Waals surface area contributed by atoms with Crippen molar-refractivity contribution in [3.8, 4) is 5.75 Å². The number of nitrogens with zero attached hydrogens (tertiary/aromatic N) is 1. The summed E-state index contributed by atoms with van der Waals surface area (Å²) >= 11 is 1.84. The number of aryl methyl sites for hydroxylation is 1. The van der Waals surface area contributed by atoms with E-state index < -0.39 is 0 Å². The monoisotopic (exact) mass is 481 g/mol. The fourth-order valence-electron chi connectivity index (χ4n) is 1.99. The number of ether oxygens (including phenoxy) is 2. The van der Waals surface area contributed by atoms with Crippen LogP contribution in [0.1, 0.15) is 25.0 Å². The van der Waals surface area contributed by atoms with E-state index in [2.05, 4.69) is 60.9 Å². The second kappa shape index (κ2) is 14.5.